The molecule has 1 aromatic heterocycles. The standard InChI is InChI=1S/C20H19N3O3/c1-21-18(24)14-9-7-13(8-10-14)12-23(2)20(26)17-11-15-5-3-4-6-16(15)19(25)22-17/h3-11H,12H2,1-2H3,(H,21,24)(H,22,25). The summed E-state index contributed by atoms with van der Waals surface area (Å²) in [5.41, 5.74) is 1.41. The molecule has 26 heavy (non-hydrogen) atoms. The summed E-state index contributed by atoms with van der Waals surface area (Å²) < 4.78 is 0. The molecule has 3 rings (SSSR count). The van der Waals surface area contributed by atoms with Gasteiger partial charge in [0.1, 0.15) is 5.69 Å². The number of benzene rings is 2. The fourth-order valence-corrected chi connectivity index (χ4v) is 2.78. The molecule has 132 valence electrons. The molecule has 0 saturated carbocycles. The van der Waals surface area contributed by atoms with Crippen LogP contribution in [0, 0.1) is 0 Å². The molecule has 0 atom stereocenters. The summed E-state index contributed by atoms with van der Waals surface area (Å²) in [5, 5.41) is 3.84. The van der Waals surface area contributed by atoms with E-state index in [4.69, 9.17) is 0 Å². The first-order chi connectivity index (χ1) is 12.5. The number of rotatable bonds is 4. The molecule has 0 spiro atoms. The number of hydrogen-bond acceptors (Lipinski definition) is 3. The number of carbonyl (C=O) groups is 2. The summed E-state index contributed by atoms with van der Waals surface area (Å²) in [6.45, 7) is 0.363. The van der Waals surface area contributed by atoms with E-state index >= 15 is 0 Å². The molecule has 2 N–H and O–H groups in total. The van der Waals surface area contributed by atoms with Gasteiger partial charge in [0.15, 0.2) is 0 Å². The molecule has 0 radical (unpaired) electrons. The molecule has 3 aromatic rings. The van der Waals surface area contributed by atoms with Gasteiger partial charge >= 0.3 is 0 Å². The fraction of sp³-hybridized carbons (Fsp3) is 0.150. The van der Waals surface area contributed by atoms with Gasteiger partial charge in [-0.05, 0) is 35.2 Å². The largest absolute Gasteiger partial charge is 0.355 e. The van der Waals surface area contributed by atoms with E-state index in [1.165, 1.54) is 4.90 Å². The Morgan fingerprint density at radius 3 is 2.46 bits per heavy atom. The van der Waals surface area contributed by atoms with Crippen LogP contribution in [0.2, 0.25) is 0 Å². The molecule has 0 aliphatic rings. The Hall–Kier alpha value is -3.41. The number of fused-ring (bicyclic) bond motifs is 1. The van der Waals surface area contributed by atoms with Crippen LogP contribution in [0.5, 0.6) is 0 Å². The fourth-order valence-electron chi connectivity index (χ4n) is 2.78. The van der Waals surface area contributed by atoms with Gasteiger partial charge in [0, 0.05) is 31.6 Å². The first-order valence-electron chi connectivity index (χ1n) is 8.18. The summed E-state index contributed by atoms with van der Waals surface area (Å²) in [6.07, 6.45) is 0. The van der Waals surface area contributed by atoms with Crippen molar-refractivity contribution in [1.82, 2.24) is 15.2 Å². The Morgan fingerprint density at radius 2 is 1.77 bits per heavy atom. The summed E-state index contributed by atoms with van der Waals surface area (Å²) in [4.78, 5) is 40.5. The maximum atomic E-state index is 12.7. The second-order valence-electron chi connectivity index (χ2n) is 6.04. The molecule has 0 saturated heterocycles. The maximum Gasteiger partial charge on any atom is 0.270 e. The third kappa shape index (κ3) is 3.49. The van der Waals surface area contributed by atoms with E-state index in [9.17, 15) is 14.4 Å². The van der Waals surface area contributed by atoms with Gasteiger partial charge in [0.05, 0.1) is 0 Å². The minimum Gasteiger partial charge on any atom is -0.355 e. The molecule has 0 aliphatic carbocycles. The van der Waals surface area contributed by atoms with Crippen LogP contribution in [0.4, 0.5) is 0 Å². The number of pyridine rings is 1. The molecule has 6 heteroatoms. The molecular formula is C20H19N3O3. The van der Waals surface area contributed by atoms with E-state index in [2.05, 4.69) is 10.3 Å². The van der Waals surface area contributed by atoms with Crippen molar-refractivity contribution in [3.63, 3.8) is 0 Å². The lowest BCUT2D eigenvalue weighted by Gasteiger charge is -2.17. The van der Waals surface area contributed by atoms with Gasteiger partial charge in [-0.15, -0.1) is 0 Å². The summed E-state index contributed by atoms with van der Waals surface area (Å²) in [5.74, 6) is -0.432. The molecule has 6 nitrogen and oxygen atoms in total. The Labute approximate surface area is 150 Å². The predicted octanol–water partition coefficient (Wildman–Crippen LogP) is 2.16. The second kappa shape index (κ2) is 7.23. The molecule has 1 heterocycles. The van der Waals surface area contributed by atoms with Gasteiger partial charge in [-0.3, -0.25) is 14.4 Å². The Bertz CT molecular complexity index is 1020. The molecule has 0 fully saturated rings. The molecular weight excluding hydrogens is 330 g/mol. The smallest absolute Gasteiger partial charge is 0.270 e. The lowest BCUT2D eigenvalue weighted by Crippen LogP contribution is -2.28. The van der Waals surface area contributed by atoms with Crippen molar-refractivity contribution < 1.29 is 9.59 Å². The summed E-state index contributed by atoms with van der Waals surface area (Å²) in [7, 11) is 3.25. The first kappa shape index (κ1) is 17.4. The number of H-pyrrole nitrogens is 1. The molecule has 0 bridgehead atoms. The van der Waals surface area contributed by atoms with E-state index in [1.54, 1.807) is 62.6 Å². The van der Waals surface area contributed by atoms with Crippen molar-refractivity contribution in [2.45, 2.75) is 6.54 Å². The minimum atomic E-state index is -0.283. The number of aromatic amines is 1. The van der Waals surface area contributed by atoms with Crippen LogP contribution in [-0.4, -0.2) is 35.8 Å². The Balaban J connectivity index is 1.79. The SMILES string of the molecule is CNC(=O)c1ccc(CN(C)C(=O)c2cc3ccccc3c(=O)[nH]2)cc1. The van der Waals surface area contributed by atoms with Gasteiger partial charge in [-0.25, -0.2) is 0 Å². The normalized spacial score (nSPS) is 10.5. The van der Waals surface area contributed by atoms with Crippen molar-refractivity contribution >= 4 is 22.6 Å². The number of amides is 2. The van der Waals surface area contributed by atoms with Crippen LogP contribution in [0.1, 0.15) is 26.4 Å². The minimum absolute atomic E-state index is 0.158. The highest BCUT2D eigenvalue weighted by Gasteiger charge is 2.15. The number of hydrogen-bond donors (Lipinski definition) is 2. The average molecular weight is 349 g/mol. The van der Waals surface area contributed by atoms with Crippen molar-refractivity contribution in [3.05, 3.63) is 81.8 Å². The van der Waals surface area contributed by atoms with E-state index in [1.807, 2.05) is 6.07 Å². The summed E-state index contributed by atoms with van der Waals surface area (Å²) in [6, 6.07) is 15.9. The van der Waals surface area contributed by atoms with E-state index in [-0.39, 0.29) is 23.1 Å². The highest BCUT2D eigenvalue weighted by atomic mass is 16.2. The Kier molecular flexibility index (Phi) is 4.84. The van der Waals surface area contributed by atoms with Crippen molar-refractivity contribution in [2.75, 3.05) is 14.1 Å². The third-order valence-corrected chi connectivity index (χ3v) is 4.19. The molecule has 0 unspecified atom stereocenters. The van der Waals surface area contributed by atoms with Gasteiger partial charge in [-0.2, -0.15) is 0 Å². The zero-order valence-electron chi connectivity index (χ0n) is 14.6. The van der Waals surface area contributed by atoms with E-state index < -0.39 is 0 Å². The molecule has 0 aliphatic heterocycles. The Morgan fingerprint density at radius 1 is 1.08 bits per heavy atom. The zero-order chi connectivity index (χ0) is 18.7. The number of carbonyl (C=O) groups excluding carboxylic acids is 2. The number of nitrogens with one attached hydrogen (secondary N) is 2. The monoisotopic (exact) mass is 349 g/mol. The number of aromatic nitrogens is 1. The van der Waals surface area contributed by atoms with Crippen molar-refractivity contribution in [1.29, 1.82) is 0 Å². The average Bonchev–Trinajstić information content (AvgIpc) is 2.67. The molecule has 2 aromatic carbocycles. The van der Waals surface area contributed by atoms with Crippen molar-refractivity contribution in [2.24, 2.45) is 0 Å². The number of nitrogens with zero attached hydrogens (tertiary/aromatic N) is 1. The van der Waals surface area contributed by atoms with Gasteiger partial charge in [0.25, 0.3) is 17.4 Å². The van der Waals surface area contributed by atoms with Gasteiger partial charge in [-0.1, -0.05) is 30.3 Å². The van der Waals surface area contributed by atoms with Crippen molar-refractivity contribution in [3.8, 4) is 0 Å². The van der Waals surface area contributed by atoms with Crippen LogP contribution >= 0.6 is 0 Å². The van der Waals surface area contributed by atoms with E-state index in [0.29, 0.717) is 17.5 Å². The topological polar surface area (TPSA) is 82.3 Å². The zero-order valence-corrected chi connectivity index (χ0v) is 14.6. The summed E-state index contributed by atoms with van der Waals surface area (Å²) >= 11 is 0. The van der Waals surface area contributed by atoms with Crippen LogP contribution in [0.15, 0.2) is 59.4 Å². The van der Waals surface area contributed by atoms with Gasteiger partial charge < -0.3 is 15.2 Å². The molecule has 2 amide bonds. The quantitative estimate of drug-likeness (QED) is 0.757. The lowest BCUT2D eigenvalue weighted by atomic mass is 10.1. The third-order valence-electron chi connectivity index (χ3n) is 4.19. The lowest BCUT2D eigenvalue weighted by molar-refractivity contribution is 0.0778. The highest BCUT2D eigenvalue weighted by molar-refractivity contribution is 5.96. The predicted molar refractivity (Wildman–Crippen MR) is 100 cm³/mol. The van der Waals surface area contributed by atoms with E-state index in [0.717, 1.165) is 10.9 Å². The second-order valence-corrected chi connectivity index (χ2v) is 6.04. The van der Waals surface area contributed by atoms with Gasteiger partial charge in [0.2, 0.25) is 0 Å². The maximum absolute atomic E-state index is 12.7. The van der Waals surface area contributed by atoms with Crippen LogP contribution in [0.3, 0.4) is 0 Å². The van der Waals surface area contributed by atoms with Crippen LogP contribution in [0.25, 0.3) is 10.8 Å². The highest BCUT2D eigenvalue weighted by Crippen LogP contribution is 2.13. The first-order valence-corrected chi connectivity index (χ1v) is 8.18. The van der Waals surface area contributed by atoms with Crippen LogP contribution < -0.4 is 10.9 Å². The van der Waals surface area contributed by atoms with Crippen LogP contribution in [-0.2, 0) is 6.54 Å².